The molecule has 7 N–H and O–H groups in total. The van der Waals surface area contributed by atoms with Crippen molar-refractivity contribution in [2.24, 2.45) is 5.73 Å². The van der Waals surface area contributed by atoms with Gasteiger partial charge in [0.05, 0.1) is 25.3 Å². The van der Waals surface area contributed by atoms with Crippen LogP contribution in [0.15, 0.2) is 71.9 Å². The van der Waals surface area contributed by atoms with Crippen molar-refractivity contribution < 1.29 is 33.4 Å². The van der Waals surface area contributed by atoms with Gasteiger partial charge >= 0.3 is 0 Å². The Morgan fingerprint density at radius 3 is 1.77 bits per heavy atom. The van der Waals surface area contributed by atoms with E-state index in [1.54, 1.807) is 57.9 Å². The first kappa shape index (κ1) is 39.4. The number of methoxy groups -OCH3 is 2. The Morgan fingerprint density at radius 2 is 1.25 bits per heavy atom. The summed E-state index contributed by atoms with van der Waals surface area (Å²) in [7, 11) is 2.86. The van der Waals surface area contributed by atoms with Crippen LogP contribution in [-0.4, -0.2) is 88.2 Å². The topological polar surface area (TPSA) is 225 Å². The number of thiazole rings is 2. The molecule has 5 amide bonds. The number of rotatable bonds is 18. The van der Waals surface area contributed by atoms with Gasteiger partial charge in [-0.2, -0.15) is 0 Å². The lowest BCUT2D eigenvalue weighted by molar-refractivity contribution is -0.123. The molecular formula is C37H40N10O7S2. The standard InChI is InChI=1S/C37H40N10O7S2/c1-53-29-9-7-22(41-34(51)27-20-46-14-16-55-36(46)44-27)18-24(29)31(48)39-12-4-3-6-26(33(50)40-13-5-11-38)43-32(49)25-19-23(8-10-30(25)54-2)42-35(52)28-21-47-15-17-56-37(47)45-28/h7-10,14-21,26H,3-6,11-13,38H2,1-2H3,(H,39,48)(H,40,50)(H,41,51)(H,42,52)(H,43,49)/t26-/m0/s1. The molecule has 1 atom stereocenters. The number of nitrogens with two attached hydrogens (primary N) is 1. The number of hydrogen-bond donors (Lipinski definition) is 6. The number of amides is 5. The van der Waals surface area contributed by atoms with Gasteiger partial charge in [0.2, 0.25) is 5.91 Å². The second-order valence-electron chi connectivity index (χ2n) is 12.4. The largest absolute Gasteiger partial charge is 0.496 e. The van der Waals surface area contributed by atoms with Crippen molar-refractivity contribution in [3.8, 4) is 11.5 Å². The van der Waals surface area contributed by atoms with Crippen molar-refractivity contribution >= 4 is 73.5 Å². The van der Waals surface area contributed by atoms with Gasteiger partial charge in [-0.15, -0.1) is 22.7 Å². The van der Waals surface area contributed by atoms with Crippen LogP contribution in [0.3, 0.4) is 0 Å². The smallest absolute Gasteiger partial charge is 0.275 e. The molecule has 2 aromatic carbocycles. The van der Waals surface area contributed by atoms with E-state index >= 15 is 0 Å². The molecule has 0 saturated heterocycles. The van der Waals surface area contributed by atoms with Gasteiger partial charge in [0.1, 0.15) is 28.9 Å². The Morgan fingerprint density at radius 1 is 0.714 bits per heavy atom. The van der Waals surface area contributed by atoms with E-state index in [9.17, 15) is 24.0 Å². The average Bonchev–Trinajstić information content (AvgIpc) is 4.00. The van der Waals surface area contributed by atoms with E-state index in [0.29, 0.717) is 59.4 Å². The first-order valence-electron chi connectivity index (χ1n) is 17.6. The number of fused-ring (bicyclic) bond motifs is 2. The van der Waals surface area contributed by atoms with Crippen molar-refractivity contribution in [3.05, 3.63) is 94.5 Å². The van der Waals surface area contributed by atoms with Crippen LogP contribution in [0.1, 0.15) is 67.4 Å². The second kappa shape index (κ2) is 18.3. The van der Waals surface area contributed by atoms with E-state index in [-0.39, 0.29) is 41.2 Å². The number of anilines is 2. The van der Waals surface area contributed by atoms with E-state index in [2.05, 4.69) is 36.6 Å². The minimum atomic E-state index is -0.927. The highest BCUT2D eigenvalue weighted by atomic mass is 32.1. The number of benzene rings is 2. The molecule has 0 bridgehead atoms. The summed E-state index contributed by atoms with van der Waals surface area (Å²) < 4.78 is 14.3. The molecule has 0 unspecified atom stereocenters. The minimum absolute atomic E-state index is 0.111. The minimum Gasteiger partial charge on any atom is -0.496 e. The van der Waals surface area contributed by atoms with Crippen LogP contribution < -0.4 is 41.8 Å². The number of imidazole rings is 2. The Labute approximate surface area is 328 Å². The Kier molecular flexibility index (Phi) is 12.9. The molecule has 56 heavy (non-hydrogen) atoms. The highest BCUT2D eigenvalue weighted by molar-refractivity contribution is 7.15. The van der Waals surface area contributed by atoms with Gasteiger partial charge in [-0.05, 0) is 68.6 Å². The van der Waals surface area contributed by atoms with Crippen molar-refractivity contribution in [3.63, 3.8) is 0 Å². The number of hydrogen-bond acceptors (Lipinski definition) is 12. The first-order valence-corrected chi connectivity index (χ1v) is 19.3. The van der Waals surface area contributed by atoms with E-state index in [1.807, 2.05) is 10.8 Å². The molecule has 19 heteroatoms. The quantitative estimate of drug-likeness (QED) is 0.0690. The van der Waals surface area contributed by atoms with Gasteiger partial charge in [-0.25, -0.2) is 9.97 Å². The molecule has 292 valence electrons. The van der Waals surface area contributed by atoms with E-state index < -0.39 is 35.6 Å². The third kappa shape index (κ3) is 9.49. The predicted molar refractivity (Wildman–Crippen MR) is 212 cm³/mol. The molecule has 0 aliphatic heterocycles. The lowest BCUT2D eigenvalue weighted by atomic mass is 10.1. The summed E-state index contributed by atoms with van der Waals surface area (Å²) in [6, 6.07) is 8.44. The van der Waals surface area contributed by atoms with Gasteiger partial charge in [0.15, 0.2) is 9.92 Å². The zero-order valence-electron chi connectivity index (χ0n) is 30.5. The van der Waals surface area contributed by atoms with Crippen LogP contribution in [-0.2, 0) is 4.79 Å². The number of carbonyl (C=O) groups excluding carboxylic acids is 5. The number of nitrogens with one attached hydrogen (secondary N) is 5. The maximum absolute atomic E-state index is 13.6. The number of carbonyl (C=O) groups is 5. The van der Waals surface area contributed by atoms with Gasteiger partial charge in [-0.3, -0.25) is 32.8 Å². The van der Waals surface area contributed by atoms with Crippen molar-refractivity contribution in [2.75, 3.05) is 44.5 Å². The molecular weight excluding hydrogens is 761 g/mol. The maximum Gasteiger partial charge on any atom is 0.275 e. The highest BCUT2D eigenvalue weighted by Crippen LogP contribution is 2.25. The molecule has 0 fully saturated rings. The number of ether oxygens (including phenoxy) is 2. The second-order valence-corrected chi connectivity index (χ2v) is 14.1. The van der Waals surface area contributed by atoms with Crippen molar-refractivity contribution in [1.82, 2.24) is 34.7 Å². The fraction of sp³-hybridized carbons (Fsp3) is 0.270. The fourth-order valence-corrected chi connectivity index (χ4v) is 7.10. The molecule has 6 aromatic rings. The summed E-state index contributed by atoms with van der Waals surface area (Å²) in [4.78, 5) is 75.9. The molecule has 17 nitrogen and oxygen atoms in total. The van der Waals surface area contributed by atoms with E-state index in [4.69, 9.17) is 15.2 Å². The van der Waals surface area contributed by atoms with Crippen LogP contribution >= 0.6 is 22.7 Å². The molecule has 0 aliphatic carbocycles. The zero-order chi connectivity index (χ0) is 39.6. The summed E-state index contributed by atoms with van der Waals surface area (Å²) in [5.74, 6) is -1.71. The van der Waals surface area contributed by atoms with Gasteiger partial charge in [0.25, 0.3) is 23.6 Å². The van der Waals surface area contributed by atoms with Crippen molar-refractivity contribution in [2.45, 2.75) is 31.7 Å². The number of nitrogens with zero attached hydrogens (tertiary/aromatic N) is 4. The first-order chi connectivity index (χ1) is 27.2. The molecule has 4 heterocycles. The van der Waals surface area contributed by atoms with Gasteiger partial charge in [0, 0.05) is 60.0 Å². The fourth-order valence-electron chi connectivity index (χ4n) is 5.70. The summed E-state index contributed by atoms with van der Waals surface area (Å²) in [6.07, 6.45) is 8.58. The van der Waals surface area contributed by atoms with Crippen LogP contribution in [0.5, 0.6) is 11.5 Å². The monoisotopic (exact) mass is 800 g/mol. The average molecular weight is 801 g/mol. The molecule has 4 aromatic heterocycles. The lowest BCUT2D eigenvalue weighted by Crippen LogP contribution is -2.47. The van der Waals surface area contributed by atoms with Crippen molar-refractivity contribution in [1.29, 1.82) is 0 Å². The number of unbranched alkanes of at least 4 members (excludes halogenated alkanes) is 1. The maximum atomic E-state index is 13.6. The third-order valence-electron chi connectivity index (χ3n) is 8.56. The Balaban J connectivity index is 1.05. The molecule has 0 radical (unpaired) electrons. The number of aromatic nitrogens is 4. The highest BCUT2D eigenvalue weighted by Gasteiger charge is 2.24. The predicted octanol–water partition coefficient (Wildman–Crippen LogP) is 3.79. The summed E-state index contributed by atoms with van der Waals surface area (Å²) in [5.41, 5.74) is 7.11. The van der Waals surface area contributed by atoms with E-state index in [0.717, 1.165) is 0 Å². The summed E-state index contributed by atoms with van der Waals surface area (Å²) >= 11 is 2.80. The molecule has 6 rings (SSSR count). The van der Waals surface area contributed by atoms with Gasteiger partial charge in [-0.1, -0.05) is 0 Å². The Bertz CT molecular complexity index is 2310. The van der Waals surface area contributed by atoms with Gasteiger partial charge < -0.3 is 41.8 Å². The third-order valence-corrected chi connectivity index (χ3v) is 10.1. The molecule has 0 spiro atoms. The lowest BCUT2D eigenvalue weighted by Gasteiger charge is -2.20. The summed E-state index contributed by atoms with van der Waals surface area (Å²) in [5, 5.41) is 17.7. The van der Waals surface area contributed by atoms with Crippen LogP contribution in [0, 0.1) is 0 Å². The summed E-state index contributed by atoms with van der Waals surface area (Å²) in [6.45, 7) is 0.966. The van der Waals surface area contributed by atoms with E-state index in [1.165, 1.54) is 49.0 Å². The SMILES string of the molecule is COc1ccc(NC(=O)c2cn3ccsc3n2)cc1C(=O)NCCCC[C@H](NC(=O)c1cc(NC(=O)c2cn3ccsc3n2)ccc1OC)C(=O)NCCCN. The van der Waals surface area contributed by atoms with Crippen LogP contribution in [0.2, 0.25) is 0 Å². The molecule has 0 saturated carbocycles. The Hall–Kier alpha value is -6.31. The van der Waals surface area contributed by atoms with Crippen LogP contribution in [0.4, 0.5) is 11.4 Å². The normalized spacial score (nSPS) is 11.6. The molecule has 0 aliphatic rings. The zero-order valence-corrected chi connectivity index (χ0v) is 32.1. The van der Waals surface area contributed by atoms with Crippen LogP contribution in [0.25, 0.3) is 9.92 Å².